The zero-order valence-electron chi connectivity index (χ0n) is 17.8. The second-order valence-electron chi connectivity index (χ2n) is 8.61. The zero-order chi connectivity index (χ0) is 20.8. The van der Waals surface area contributed by atoms with Gasteiger partial charge in [0.1, 0.15) is 5.54 Å². The van der Waals surface area contributed by atoms with Gasteiger partial charge < -0.3 is 15.5 Å². The topological polar surface area (TPSA) is 44.4 Å². The number of likely N-dealkylation sites (tertiary alicyclic amines) is 1. The van der Waals surface area contributed by atoms with Crippen LogP contribution in [0.2, 0.25) is 0 Å². The molecule has 5 heteroatoms. The molecule has 0 bridgehead atoms. The summed E-state index contributed by atoms with van der Waals surface area (Å²) in [6, 6.07) is 21.0. The maximum absolute atomic E-state index is 13.5. The summed E-state index contributed by atoms with van der Waals surface area (Å²) in [5, 5.41) is 6.87. The van der Waals surface area contributed by atoms with E-state index in [1.165, 1.54) is 24.3 Å². The van der Waals surface area contributed by atoms with Crippen LogP contribution >= 0.6 is 11.8 Å². The van der Waals surface area contributed by atoms with Gasteiger partial charge in [0.15, 0.2) is 0 Å². The molecule has 0 aliphatic carbocycles. The van der Waals surface area contributed by atoms with Crippen molar-refractivity contribution in [1.29, 1.82) is 0 Å². The standard InChI is InChI=1S/C25H33N3OS/c1-25(20-8-4-2-5-9-20,27-22-10-6-3-7-11-22)24(29)26-21-12-16-28(17-13-21)23-14-18-30-19-15-23/h2-11,21,23,27H,12-19H2,1H3,(H,26,29). The van der Waals surface area contributed by atoms with Gasteiger partial charge in [-0.05, 0) is 61.8 Å². The lowest BCUT2D eigenvalue weighted by Gasteiger charge is -2.40. The number of para-hydroxylation sites is 1. The third-order valence-corrected chi connectivity index (χ3v) is 7.59. The number of carbonyl (C=O) groups excluding carboxylic acids is 1. The minimum absolute atomic E-state index is 0.0464. The van der Waals surface area contributed by atoms with E-state index in [1.54, 1.807) is 0 Å². The molecular weight excluding hydrogens is 390 g/mol. The fraction of sp³-hybridized carbons (Fsp3) is 0.480. The van der Waals surface area contributed by atoms with Crippen LogP contribution in [-0.4, -0.2) is 47.5 Å². The second-order valence-corrected chi connectivity index (χ2v) is 9.83. The average Bonchev–Trinajstić information content (AvgIpc) is 2.81. The smallest absolute Gasteiger partial charge is 0.250 e. The Bertz CT molecular complexity index is 802. The number of carbonyl (C=O) groups is 1. The molecule has 2 aliphatic rings. The minimum atomic E-state index is -0.819. The number of amides is 1. The lowest BCUT2D eigenvalue weighted by molar-refractivity contribution is -0.126. The molecule has 0 spiro atoms. The van der Waals surface area contributed by atoms with Crippen molar-refractivity contribution >= 4 is 23.4 Å². The summed E-state index contributed by atoms with van der Waals surface area (Å²) in [6.07, 6.45) is 4.70. The van der Waals surface area contributed by atoms with Gasteiger partial charge in [-0.3, -0.25) is 4.79 Å². The summed E-state index contributed by atoms with van der Waals surface area (Å²) in [7, 11) is 0. The molecule has 0 aromatic heterocycles. The van der Waals surface area contributed by atoms with E-state index in [0.717, 1.165) is 43.2 Å². The highest BCUT2D eigenvalue weighted by atomic mass is 32.2. The van der Waals surface area contributed by atoms with Crippen LogP contribution in [0, 0.1) is 0 Å². The summed E-state index contributed by atoms with van der Waals surface area (Å²) in [4.78, 5) is 16.2. The minimum Gasteiger partial charge on any atom is -0.368 e. The van der Waals surface area contributed by atoms with Crippen LogP contribution in [-0.2, 0) is 10.3 Å². The van der Waals surface area contributed by atoms with Crippen LogP contribution in [0.5, 0.6) is 0 Å². The van der Waals surface area contributed by atoms with Crippen molar-refractivity contribution in [3.63, 3.8) is 0 Å². The molecule has 1 unspecified atom stereocenters. The predicted octanol–water partition coefficient (Wildman–Crippen LogP) is 4.49. The Kier molecular flexibility index (Phi) is 7.00. The Morgan fingerprint density at radius 3 is 2.17 bits per heavy atom. The lowest BCUT2D eigenvalue weighted by Crippen LogP contribution is -2.54. The fourth-order valence-corrected chi connectivity index (χ4v) is 5.71. The molecular formula is C25H33N3OS. The number of hydrogen-bond donors (Lipinski definition) is 2. The summed E-state index contributed by atoms with van der Waals surface area (Å²) >= 11 is 2.08. The second kappa shape index (κ2) is 9.88. The highest BCUT2D eigenvalue weighted by molar-refractivity contribution is 7.99. The number of piperidine rings is 1. The fourth-order valence-electron chi connectivity index (χ4n) is 4.63. The average molecular weight is 424 g/mol. The largest absolute Gasteiger partial charge is 0.368 e. The number of rotatable bonds is 6. The molecule has 2 aliphatic heterocycles. The molecule has 4 nitrogen and oxygen atoms in total. The molecule has 0 saturated carbocycles. The van der Waals surface area contributed by atoms with Crippen LogP contribution in [0.1, 0.15) is 38.2 Å². The zero-order valence-corrected chi connectivity index (χ0v) is 18.7. The van der Waals surface area contributed by atoms with E-state index in [0.29, 0.717) is 0 Å². The first-order valence-electron chi connectivity index (χ1n) is 11.2. The molecule has 1 atom stereocenters. The molecule has 2 aromatic rings. The van der Waals surface area contributed by atoms with Gasteiger partial charge in [-0.2, -0.15) is 11.8 Å². The van der Waals surface area contributed by atoms with Gasteiger partial charge in [0.25, 0.3) is 0 Å². The van der Waals surface area contributed by atoms with E-state index in [-0.39, 0.29) is 11.9 Å². The van der Waals surface area contributed by atoms with Crippen molar-refractivity contribution in [3.05, 3.63) is 66.2 Å². The van der Waals surface area contributed by atoms with Crippen LogP contribution in [0.4, 0.5) is 5.69 Å². The van der Waals surface area contributed by atoms with E-state index in [9.17, 15) is 4.79 Å². The quantitative estimate of drug-likeness (QED) is 0.719. The summed E-state index contributed by atoms with van der Waals surface area (Å²) < 4.78 is 0. The number of benzene rings is 2. The monoisotopic (exact) mass is 423 g/mol. The summed E-state index contributed by atoms with van der Waals surface area (Å²) in [6.45, 7) is 4.17. The van der Waals surface area contributed by atoms with Crippen molar-refractivity contribution < 1.29 is 4.79 Å². The maximum Gasteiger partial charge on any atom is 0.250 e. The van der Waals surface area contributed by atoms with E-state index in [4.69, 9.17) is 0 Å². The van der Waals surface area contributed by atoms with Gasteiger partial charge in [-0.15, -0.1) is 0 Å². The van der Waals surface area contributed by atoms with Crippen molar-refractivity contribution in [2.24, 2.45) is 0 Å². The third-order valence-electron chi connectivity index (χ3n) is 6.55. The van der Waals surface area contributed by atoms with Crippen molar-refractivity contribution in [3.8, 4) is 0 Å². The Balaban J connectivity index is 1.42. The first-order chi connectivity index (χ1) is 14.6. The molecule has 160 valence electrons. The molecule has 2 N–H and O–H groups in total. The van der Waals surface area contributed by atoms with Crippen LogP contribution in [0.3, 0.4) is 0 Å². The van der Waals surface area contributed by atoms with E-state index in [1.807, 2.05) is 67.6 Å². The van der Waals surface area contributed by atoms with Crippen LogP contribution < -0.4 is 10.6 Å². The summed E-state index contributed by atoms with van der Waals surface area (Å²) in [5.41, 5.74) is 1.10. The number of thioether (sulfide) groups is 1. The lowest BCUT2D eigenvalue weighted by atomic mass is 9.89. The number of hydrogen-bond acceptors (Lipinski definition) is 4. The summed E-state index contributed by atoms with van der Waals surface area (Å²) in [5.74, 6) is 2.63. The molecule has 2 aromatic carbocycles. The van der Waals surface area contributed by atoms with Crippen molar-refractivity contribution in [2.75, 3.05) is 29.9 Å². The van der Waals surface area contributed by atoms with Crippen LogP contribution in [0.15, 0.2) is 60.7 Å². The molecule has 4 rings (SSSR count). The van der Waals surface area contributed by atoms with E-state index in [2.05, 4.69) is 27.3 Å². The van der Waals surface area contributed by atoms with Gasteiger partial charge in [0.2, 0.25) is 5.91 Å². The molecule has 2 saturated heterocycles. The first kappa shape index (κ1) is 21.3. The van der Waals surface area contributed by atoms with Crippen molar-refractivity contribution in [1.82, 2.24) is 10.2 Å². The molecule has 2 fully saturated rings. The SMILES string of the molecule is CC(Nc1ccccc1)(C(=O)NC1CCN(C2CCSCC2)CC1)c1ccccc1. The van der Waals surface area contributed by atoms with Gasteiger partial charge >= 0.3 is 0 Å². The normalized spacial score (nSPS) is 21.0. The molecule has 1 amide bonds. The van der Waals surface area contributed by atoms with Gasteiger partial charge in [0.05, 0.1) is 0 Å². The number of nitrogens with zero attached hydrogens (tertiary/aromatic N) is 1. The van der Waals surface area contributed by atoms with Gasteiger partial charge in [-0.25, -0.2) is 0 Å². The van der Waals surface area contributed by atoms with Gasteiger partial charge in [-0.1, -0.05) is 48.5 Å². The Labute approximate surface area is 184 Å². The van der Waals surface area contributed by atoms with Crippen LogP contribution in [0.25, 0.3) is 0 Å². The van der Waals surface area contributed by atoms with E-state index < -0.39 is 5.54 Å². The van der Waals surface area contributed by atoms with E-state index >= 15 is 0 Å². The maximum atomic E-state index is 13.5. The molecule has 30 heavy (non-hydrogen) atoms. The Morgan fingerprint density at radius 2 is 1.53 bits per heavy atom. The number of nitrogens with one attached hydrogen (secondary N) is 2. The molecule has 2 heterocycles. The Morgan fingerprint density at radius 1 is 0.933 bits per heavy atom. The molecule has 0 radical (unpaired) electrons. The highest BCUT2D eigenvalue weighted by Crippen LogP contribution is 2.28. The van der Waals surface area contributed by atoms with Crippen molar-refractivity contribution in [2.45, 2.75) is 50.2 Å². The predicted molar refractivity (Wildman–Crippen MR) is 127 cm³/mol. The highest BCUT2D eigenvalue weighted by Gasteiger charge is 2.37. The number of anilines is 1. The first-order valence-corrected chi connectivity index (χ1v) is 12.3. The Hall–Kier alpha value is -1.98. The third kappa shape index (κ3) is 5.01. The van der Waals surface area contributed by atoms with Gasteiger partial charge in [0, 0.05) is 30.9 Å².